The molecule has 16 heavy (non-hydrogen) atoms. The van der Waals surface area contributed by atoms with E-state index >= 15 is 0 Å². The minimum atomic E-state index is 0.157. The van der Waals surface area contributed by atoms with Gasteiger partial charge in [0.1, 0.15) is 5.76 Å². The molecule has 0 spiro atoms. The standard InChI is InChI=1S/C12H20N2O2/c1-3-14(4-2)12(15)10-13-8-7-11-6-5-9-16-11/h5-6,9,13H,3-4,7-8,10H2,1-2H3. The molecule has 0 atom stereocenters. The van der Waals surface area contributed by atoms with Gasteiger partial charge in [-0.1, -0.05) is 0 Å². The van der Waals surface area contributed by atoms with Crippen molar-refractivity contribution in [3.8, 4) is 0 Å². The number of nitrogens with zero attached hydrogens (tertiary/aromatic N) is 1. The topological polar surface area (TPSA) is 45.5 Å². The second-order valence-corrected chi connectivity index (χ2v) is 3.57. The highest BCUT2D eigenvalue weighted by Crippen LogP contribution is 1.99. The van der Waals surface area contributed by atoms with Crippen LogP contribution in [-0.2, 0) is 11.2 Å². The molecule has 1 rings (SSSR count). The van der Waals surface area contributed by atoms with E-state index in [1.165, 1.54) is 0 Å². The smallest absolute Gasteiger partial charge is 0.236 e. The molecule has 0 unspecified atom stereocenters. The molecule has 0 saturated carbocycles. The monoisotopic (exact) mass is 224 g/mol. The number of amides is 1. The van der Waals surface area contributed by atoms with Crippen LogP contribution in [0.2, 0.25) is 0 Å². The average molecular weight is 224 g/mol. The van der Waals surface area contributed by atoms with E-state index in [1.807, 2.05) is 30.9 Å². The summed E-state index contributed by atoms with van der Waals surface area (Å²) in [6, 6.07) is 3.81. The minimum Gasteiger partial charge on any atom is -0.469 e. The van der Waals surface area contributed by atoms with Crippen molar-refractivity contribution in [2.24, 2.45) is 0 Å². The third-order valence-electron chi connectivity index (χ3n) is 2.52. The Hall–Kier alpha value is -1.29. The molecule has 0 fully saturated rings. The lowest BCUT2D eigenvalue weighted by atomic mass is 10.3. The van der Waals surface area contributed by atoms with E-state index in [-0.39, 0.29) is 5.91 Å². The van der Waals surface area contributed by atoms with Gasteiger partial charge in [-0.25, -0.2) is 0 Å². The Morgan fingerprint density at radius 1 is 1.44 bits per heavy atom. The zero-order chi connectivity index (χ0) is 11.8. The first-order valence-electron chi connectivity index (χ1n) is 5.78. The Labute approximate surface area is 96.6 Å². The molecule has 0 aromatic carbocycles. The summed E-state index contributed by atoms with van der Waals surface area (Å²) in [4.78, 5) is 13.4. The number of furan rings is 1. The third kappa shape index (κ3) is 4.06. The van der Waals surface area contributed by atoms with Crippen LogP contribution < -0.4 is 5.32 Å². The predicted octanol–water partition coefficient (Wildman–Crippen LogP) is 1.28. The van der Waals surface area contributed by atoms with E-state index in [4.69, 9.17) is 4.42 Å². The van der Waals surface area contributed by atoms with Crippen molar-refractivity contribution in [3.63, 3.8) is 0 Å². The number of likely N-dealkylation sites (N-methyl/N-ethyl adjacent to an activating group) is 1. The molecule has 1 amide bonds. The van der Waals surface area contributed by atoms with Crippen LogP contribution in [0.1, 0.15) is 19.6 Å². The molecule has 90 valence electrons. The lowest BCUT2D eigenvalue weighted by Gasteiger charge is -2.18. The van der Waals surface area contributed by atoms with E-state index in [0.29, 0.717) is 6.54 Å². The van der Waals surface area contributed by atoms with Crippen LogP contribution in [0.15, 0.2) is 22.8 Å². The average Bonchev–Trinajstić information content (AvgIpc) is 2.79. The second-order valence-electron chi connectivity index (χ2n) is 3.57. The minimum absolute atomic E-state index is 0.157. The maximum absolute atomic E-state index is 11.6. The largest absolute Gasteiger partial charge is 0.469 e. The van der Waals surface area contributed by atoms with Crippen LogP contribution in [0.5, 0.6) is 0 Å². The summed E-state index contributed by atoms with van der Waals surface area (Å²) >= 11 is 0. The van der Waals surface area contributed by atoms with Crippen LogP contribution in [0.3, 0.4) is 0 Å². The highest BCUT2D eigenvalue weighted by atomic mass is 16.3. The Kier molecular flexibility index (Phi) is 5.64. The van der Waals surface area contributed by atoms with Crippen LogP contribution in [0.4, 0.5) is 0 Å². The molecule has 0 aliphatic carbocycles. The Morgan fingerprint density at radius 3 is 2.75 bits per heavy atom. The van der Waals surface area contributed by atoms with Crippen LogP contribution in [0.25, 0.3) is 0 Å². The zero-order valence-corrected chi connectivity index (χ0v) is 10.0. The van der Waals surface area contributed by atoms with Crippen molar-refractivity contribution in [1.29, 1.82) is 0 Å². The van der Waals surface area contributed by atoms with E-state index < -0.39 is 0 Å². The number of hydrogen-bond donors (Lipinski definition) is 1. The Balaban J connectivity index is 2.13. The fourth-order valence-electron chi connectivity index (χ4n) is 1.55. The number of hydrogen-bond acceptors (Lipinski definition) is 3. The van der Waals surface area contributed by atoms with E-state index in [2.05, 4.69) is 5.32 Å². The third-order valence-corrected chi connectivity index (χ3v) is 2.52. The number of rotatable bonds is 7. The van der Waals surface area contributed by atoms with Crippen LogP contribution in [-0.4, -0.2) is 37.0 Å². The van der Waals surface area contributed by atoms with Gasteiger partial charge in [0.05, 0.1) is 12.8 Å². The zero-order valence-electron chi connectivity index (χ0n) is 10.0. The molecule has 0 bridgehead atoms. The van der Waals surface area contributed by atoms with E-state index in [0.717, 1.165) is 31.8 Å². The van der Waals surface area contributed by atoms with Gasteiger partial charge in [-0.05, 0) is 26.0 Å². The molecule has 1 N–H and O–H groups in total. The molecule has 1 aromatic rings. The molecule has 1 heterocycles. The van der Waals surface area contributed by atoms with Crippen LogP contribution >= 0.6 is 0 Å². The van der Waals surface area contributed by atoms with Crippen molar-refractivity contribution in [3.05, 3.63) is 24.2 Å². The van der Waals surface area contributed by atoms with Crippen LogP contribution in [0, 0.1) is 0 Å². The van der Waals surface area contributed by atoms with Gasteiger partial charge in [0.15, 0.2) is 0 Å². The van der Waals surface area contributed by atoms with Crippen molar-refractivity contribution in [1.82, 2.24) is 10.2 Å². The molecule has 0 aliphatic heterocycles. The summed E-state index contributed by atoms with van der Waals surface area (Å²) in [5.41, 5.74) is 0. The van der Waals surface area contributed by atoms with E-state index in [1.54, 1.807) is 6.26 Å². The molecule has 0 radical (unpaired) electrons. The van der Waals surface area contributed by atoms with Gasteiger partial charge >= 0.3 is 0 Å². The molecule has 0 saturated heterocycles. The van der Waals surface area contributed by atoms with Gasteiger partial charge in [-0.3, -0.25) is 4.79 Å². The van der Waals surface area contributed by atoms with E-state index in [9.17, 15) is 4.79 Å². The Bertz CT molecular complexity index is 292. The van der Waals surface area contributed by atoms with Gasteiger partial charge in [0, 0.05) is 26.1 Å². The fraction of sp³-hybridized carbons (Fsp3) is 0.583. The molecular formula is C12H20N2O2. The second kappa shape index (κ2) is 7.06. The fourth-order valence-corrected chi connectivity index (χ4v) is 1.55. The highest BCUT2D eigenvalue weighted by molar-refractivity contribution is 5.78. The number of carbonyl (C=O) groups excluding carboxylic acids is 1. The SMILES string of the molecule is CCN(CC)C(=O)CNCCc1ccco1. The summed E-state index contributed by atoms with van der Waals surface area (Å²) in [5, 5.41) is 3.12. The van der Waals surface area contributed by atoms with Gasteiger partial charge in [-0.15, -0.1) is 0 Å². The lowest BCUT2D eigenvalue weighted by molar-refractivity contribution is -0.129. The normalized spacial score (nSPS) is 10.4. The van der Waals surface area contributed by atoms with Crippen molar-refractivity contribution < 1.29 is 9.21 Å². The first kappa shape index (κ1) is 12.8. The molecule has 4 heteroatoms. The lowest BCUT2D eigenvalue weighted by Crippen LogP contribution is -2.38. The summed E-state index contributed by atoms with van der Waals surface area (Å²) in [5.74, 6) is 1.10. The number of nitrogens with one attached hydrogen (secondary N) is 1. The summed E-state index contributed by atoms with van der Waals surface area (Å²) in [7, 11) is 0. The maximum atomic E-state index is 11.6. The van der Waals surface area contributed by atoms with Gasteiger partial charge in [0.25, 0.3) is 0 Å². The molecule has 0 aliphatic rings. The Morgan fingerprint density at radius 2 is 2.19 bits per heavy atom. The molecular weight excluding hydrogens is 204 g/mol. The highest BCUT2D eigenvalue weighted by Gasteiger charge is 2.07. The quantitative estimate of drug-likeness (QED) is 0.710. The summed E-state index contributed by atoms with van der Waals surface area (Å²) < 4.78 is 5.19. The molecule has 4 nitrogen and oxygen atoms in total. The van der Waals surface area contributed by atoms with Gasteiger partial charge in [0.2, 0.25) is 5.91 Å². The van der Waals surface area contributed by atoms with Crippen molar-refractivity contribution in [2.75, 3.05) is 26.2 Å². The first-order valence-corrected chi connectivity index (χ1v) is 5.78. The summed E-state index contributed by atoms with van der Waals surface area (Å²) in [6.45, 7) is 6.70. The van der Waals surface area contributed by atoms with Gasteiger partial charge in [-0.2, -0.15) is 0 Å². The van der Waals surface area contributed by atoms with Gasteiger partial charge < -0.3 is 14.6 Å². The van der Waals surface area contributed by atoms with Crippen molar-refractivity contribution >= 4 is 5.91 Å². The van der Waals surface area contributed by atoms with Crippen molar-refractivity contribution in [2.45, 2.75) is 20.3 Å². The predicted molar refractivity (Wildman–Crippen MR) is 63.2 cm³/mol. The summed E-state index contributed by atoms with van der Waals surface area (Å²) in [6.07, 6.45) is 2.48. The number of carbonyl (C=O) groups is 1. The molecule has 1 aromatic heterocycles. The first-order chi connectivity index (χ1) is 7.77. The maximum Gasteiger partial charge on any atom is 0.236 e.